The summed E-state index contributed by atoms with van der Waals surface area (Å²) in [6.45, 7) is 0. The average molecular weight is 425 g/mol. The molecule has 2 aromatic heterocycles. The standard InChI is InChI=1S/C18H20N2O4S3/c1-23-16(21)13-10-6-4-3-5-7-12(10)27-15(13)20-18(25)19-11-8-9-26-14(11)17(22)24-2/h8-9H,3-7H2,1-2H3,(H2,19,20,25). The summed E-state index contributed by atoms with van der Waals surface area (Å²) in [5.74, 6) is -0.779. The van der Waals surface area contributed by atoms with Gasteiger partial charge in [0, 0.05) is 4.88 Å². The van der Waals surface area contributed by atoms with Crippen LogP contribution >= 0.6 is 34.9 Å². The molecule has 2 heterocycles. The van der Waals surface area contributed by atoms with Gasteiger partial charge in [0.2, 0.25) is 0 Å². The summed E-state index contributed by atoms with van der Waals surface area (Å²) in [6.07, 6.45) is 5.18. The number of thiocarbonyl (C=S) groups is 1. The lowest BCUT2D eigenvalue weighted by Gasteiger charge is -2.11. The first kappa shape index (κ1) is 19.8. The molecule has 144 valence electrons. The van der Waals surface area contributed by atoms with Gasteiger partial charge in [0.25, 0.3) is 0 Å². The van der Waals surface area contributed by atoms with Crippen molar-refractivity contribution < 1.29 is 19.1 Å². The van der Waals surface area contributed by atoms with Crippen LogP contribution in [-0.4, -0.2) is 31.3 Å². The van der Waals surface area contributed by atoms with E-state index in [1.807, 2.05) is 0 Å². The normalized spacial score (nSPS) is 13.3. The van der Waals surface area contributed by atoms with Crippen molar-refractivity contribution in [2.75, 3.05) is 24.9 Å². The molecule has 27 heavy (non-hydrogen) atoms. The number of rotatable bonds is 4. The summed E-state index contributed by atoms with van der Waals surface area (Å²) >= 11 is 8.22. The van der Waals surface area contributed by atoms with Crippen LogP contribution in [0.2, 0.25) is 0 Å². The smallest absolute Gasteiger partial charge is 0.350 e. The van der Waals surface area contributed by atoms with Gasteiger partial charge in [0.05, 0.1) is 25.5 Å². The molecule has 0 saturated carbocycles. The highest BCUT2D eigenvalue weighted by atomic mass is 32.1. The van der Waals surface area contributed by atoms with E-state index in [-0.39, 0.29) is 5.97 Å². The molecule has 1 aliphatic rings. The Kier molecular flexibility index (Phi) is 6.46. The van der Waals surface area contributed by atoms with Crippen molar-refractivity contribution in [3.05, 3.63) is 32.3 Å². The van der Waals surface area contributed by atoms with Crippen LogP contribution in [-0.2, 0) is 22.3 Å². The molecule has 0 unspecified atom stereocenters. The molecule has 9 heteroatoms. The lowest BCUT2D eigenvalue weighted by Crippen LogP contribution is -2.21. The van der Waals surface area contributed by atoms with E-state index >= 15 is 0 Å². The number of fused-ring (bicyclic) bond motifs is 1. The number of carbonyl (C=O) groups excluding carboxylic acids is 2. The molecule has 6 nitrogen and oxygen atoms in total. The van der Waals surface area contributed by atoms with E-state index < -0.39 is 5.97 Å². The highest BCUT2D eigenvalue weighted by Gasteiger charge is 2.26. The zero-order chi connectivity index (χ0) is 19.4. The van der Waals surface area contributed by atoms with E-state index in [0.29, 0.717) is 26.2 Å². The number of methoxy groups -OCH3 is 2. The maximum Gasteiger partial charge on any atom is 0.350 e. The molecule has 0 fully saturated rings. The molecule has 0 aromatic carbocycles. The number of nitrogens with one attached hydrogen (secondary N) is 2. The van der Waals surface area contributed by atoms with Crippen LogP contribution in [0.1, 0.15) is 49.7 Å². The molecule has 0 amide bonds. The van der Waals surface area contributed by atoms with E-state index in [0.717, 1.165) is 31.2 Å². The van der Waals surface area contributed by atoms with Gasteiger partial charge in [-0.05, 0) is 54.9 Å². The van der Waals surface area contributed by atoms with Gasteiger partial charge in [0.15, 0.2) is 5.11 Å². The second-order valence-corrected chi connectivity index (χ2v) is 8.42. The molecular formula is C18H20N2O4S3. The van der Waals surface area contributed by atoms with Crippen LogP contribution in [0.5, 0.6) is 0 Å². The number of hydrogen-bond donors (Lipinski definition) is 2. The molecular weight excluding hydrogens is 404 g/mol. The van der Waals surface area contributed by atoms with Crippen LogP contribution in [0.4, 0.5) is 10.7 Å². The highest BCUT2D eigenvalue weighted by Crippen LogP contribution is 2.38. The predicted molar refractivity (Wildman–Crippen MR) is 112 cm³/mol. The SMILES string of the molecule is COC(=O)c1sccc1NC(=S)Nc1sc2c(c1C(=O)OC)CCCCC2. The van der Waals surface area contributed by atoms with Gasteiger partial charge in [-0.25, -0.2) is 9.59 Å². The van der Waals surface area contributed by atoms with E-state index in [9.17, 15) is 9.59 Å². The van der Waals surface area contributed by atoms with Gasteiger partial charge in [-0.3, -0.25) is 0 Å². The van der Waals surface area contributed by atoms with Crippen molar-refractivity contribution in [2.24, 2.45) is 0 Å². The van der Waals surface area contributed by atoms with Crippen LogP contribution < -0.4 is 10.6 Å². The average Bonchev–Trinajstić information content (AvgIpc) is 3.18. The van der Waals surface area contributed by atoms with E-state index in [2.05, 4.69) is 10.6 Å². The first-order valence-corrected chi connectivity index (χ1v) is 10.6. The Morgan fingerprint density at radius 1 is 1.07 bits per heavy atom. The topological polar surface area (TPSA) is 76.7 Å². The Morgan fingerprint density at radius 3 is 2.56 bits per heavy atom. The minimum Gasteiger partial charge on any atom is -0.465 e. The Balaban J connectivity index is 1.83. The summed E-state index contributed by atoms with van der Waals surface area (Å²) in [6, 6.07) is 1.76. The largest absolute Gasteiger partial charge is 0.465 e. The molecule has 0 saturated heterocycles. The Labute approximate surface area is 170 Å². The summed E-state index contributed by atoms with van der Waals surface area (Å²) in [5, 5.41) is 8.90. The van der Waals surface area contributed by atoms with Gasteiger partial charge >= 0.3 is 11.9 Å². The van der Waals surface area contributed by atoms with Crippen molar-refractivity contribution in [2.45, 2.75) is 32.1 Å². The number of carbonyl (C=O) groups is 2. The zero-order valence-corrected chi connectivity index (χ0v) is 17.5. The second kappa shape index (κ2) is 8.81. The molecule has 1 aliphatic carbocycles. The number of anilines is 2. The van der Waals surface area contributed by atoms with Crippen molar-refractivity contribution in [1.82, 2.24) is 0 Å². The first-order chi connectivity index (χ1) is 13.0. The molecule has 0 bridgehead atoms. The quantitative estimate of drug-likeness (QED) is 0.426. The molecule has 0 atom stereocenters. The fraction of sp³-hybridized carbons (Fsp3) is 0.389. The predicted octanol–water partition coefficient (Wildman–Crippen LogP) is 4.46. The van der Waals surface area contributed by atoms with E-state index in [1.165, 1.54) is 36.9 Å². The van der Waals surface area contributed by atoms with E-state index in [4.69, 9.17) is 21.7 Å². The minimum absolute atomic E-state index is 0.306. The lowest BCUT2D eigenvalue weighted by molar-refractivity contribution is 0.0594. The zero-order valence-electron chi connectivity index (χ0n) is 15.0. The Morgan fingerprint density at radius 2 is 1.81 bits per heavy atom. The number of aryl methyl sites for hydroxylation is 1. The summed E-state index contributed by atoms with van der Waals surface area (Å²) < 4.78 is 9.78. The molecule has 0 radical (unpaired) electrons. The third-order valence-corrected chi connectivity index (χ3v) is 6.63. The molecule has 0 spiro atoms. The minimum atomic E-state index is -0.423. The Hall–Kier alpha value is -1.97. The number of hydrogen-bond acceptors (Lipinski definition) is 7. The van der Waals surface area contributed by atoms with Crippen LogP contribution in [0.15, 0.2) is 11.4 Å². The van der Waals surface area contributed by atoms with Crippen LogP contribution in [0, 0.1) is 0 Å². The van der Waals surface area contributed by atoms with Crippen LogP contribution in [0.3, 0.4) is 0 Å². The first-order valence-electron chi connectivity index (χ1n) is 8.51. The van der Waals surface area contributed by atoms with Crippen molar-refractivity contribution in [3.8, 4) is 0 Å². The number of esters is 2. The fourth-order valence-corrected chi connectivity index (χ4v) is 5.39. The molecule has 3 rings (SSSR count). The van der Waals surface area contributed by atoms with Gasteiger partial charge in [-0.1, -0.05) is 6.42 Å². The van der Waals surface area contributed by atoms with Gasteiger partial charge in [0.1, 0.15) is 9.88 Å². The van der Waals surface area contributed by atoms with Gasteiger partial charge in [-0.2, -0.15) is 0 Å². The number of thiophene rings is 2. The Bertz CT molecular complexity index is 872. The maximum absolute atomic E-state index is 12.4. The second-order valence-electron chi connectivity index (χ2n) is 5.99. The fourth-order valence-electron chi connectivity index (χ4n) is 3.06. The van der Waals surface area contributed by atoms with Crippen LogP contribution in [0.25, 0.3) is 0 Å². The molecule has 0 aliphatic heterocycles. The summed E-state index contributed by atoms with van der Waals surface area (Å²) in [5.41, 5.74) is 2.21. The van der Waals surface area contributed by atoms with Gasteiger partial charge < -0.3 is 20.1 Å². The third kappa shape index (κ3) is 4.31. The maximum atomic E-state index is 12.4. The lowest BCUT2D eigenvalue weighted by atomic mass is 10.1. The third-order valence-electron chi connectivity index (χ3n) is 4.32. The summed E-state index contributed by atoms with van der Waals surface area (Å²) in [4.78, 5) is 25.8. The van der Waals surface area contributed by atoms with E-state index in [1.54, 1.807) is 22.8 Å². The summed E-state index contributed by atoms with van der Waals surface area (Å²) in [7, 11) is 2.72. The van der Waals surface area contributed by atoms with Gasteiger partial charge in [-0.15, -0.1) is 22.7 Å². The molecule has 2 N–H and O–H groups in total. The molecule has 2 aromatic rings. The van der Waals surface area contributed by atoms with Crippen molar-refractivity contribution in [1.29, 1.82) is 0 Å². The number of ether oxygens (including phenoxy) is 2. The van der Waals surface area contributed by atoms with Crippen molar-refractivity contribution >= 4 is 62.6 Å². The monoisotopic (exact) mass is 424 g/mol. The highest BCUT2D eigenvalue weighted by molar-refractivity contribution is 7.80. The van der Waals surface area contributed by atoms with Crippen molar-refractivity contribution in [3.63, 3.8) is 0 Å².